The summed E-state index contributed by atoms with van der Waals surface area (Å²) in [5.74, 6) is -0.473. The van der Waals surface area contributed by atoms with E-state index >= 15 is 0 Å². The van der Waals surface area contributed by atoms with Crippen LogP contribution in [-0.4, -0.2) is 44.8 Å². The van der Waals surface area contributed by atoms with E-state index in [1.165, 1.54) is 16.8 Å². The predicted octanol–water partition coefficient (Wildman–Crippen LogP) is 3.87. The number of aromatic nitrogens is 4. The SMILES string of the molecule is C=CCN(C(=O)CSc1nnnn1-c1ccc(OC(F)(F)F)cc1)c1ccccc1. The van der Waals surface area contributed by atoms with E-state index in [2.05, 4.69) is 26.8 Å². The number of para-hydroxylation sites is 1. The van der Waals surface area contributed by atoms with Crippen LogP contribution in [0.4, 0.5) is 18.9 Å². The molecule has 0 fully saturated rings. The Morgan fingerprint density at radius 3 is 2.50 bits per heavy atom. The number of alkyl halides is 3. The van der Waals surface area contributed by atoms with E-state index in [4.69, 9.17) is 0 Å². The minimum absolute atomic E-state index is 0.0539. The van der Waals surface area contributed by atoms with Gasteiger partial charge in [-0.25, -0.2) is 0 Å². The molecule has 0 saturated heterocycles. The lowest BCUT2D eigenvalue weighted by Crippen LogP contribution is -2.32. The van der Waals surface area contributed by atoms with Crippen LogP contribution in [0.1, 0.15) is 0 Å². The first-order valence-electron chi connectivity index (χ1n) is 8.61. The van der Waals surface area contributed by atoms with E-state index in [1.54, 1.807) is 11.0 Å². The van der Waals surface area contributed by atoms with Gasteiger partial charge in [0.25, 0.3) is 0 Å². The van der Waals surface area contributed by atoms with Crippen molar-refractivity contribution in [2.75, 3.05) is 17.2 Å². The van der Waals surface area contributed by atoms with E-state index < -0.39 is 6.36 Å². The molecule has 0 aliphatic carbocycles. The molecule has 1 amide bonds. The number of ether oxygens (including phenoxy) is 1. The van der Waals surface area contributed by atoms with Crippen LogP contribution in [-0.2, 0) is 4.79 Å². The Bertz CT molecular complexity index is 993. The van der Waals surface area contributed by atoms with Crippen LogP contribution in [0.15, 0.2) is 72.4 Å². The van der Waals surface area contributed by atoms with Gasteiger partial charge in [0.15, 0.2) is 0 Å². The molecule has 0 atom stereocenters. The Labute approximate surface area is 174 Å². The Morgan fingerprint density at radius 1 is 1.17 bits per heavy atom. The highest BCUT2D eigenvalue weighted by Crippen LogP contribution is 2.25. The van der Waals surface area contributed by atoms with E-state index in [0.29, 0.717) is 17.4 Å². The average Bonchev–Trinajstić information content (AvgIpc) is 3.19. The molecule has 7 nitrogen and oxygen atoms in total. The number of carbonyl (C=O) groups is 1. The summed E-state index contributed by atoms with van der Waals surface area (Å²) in [5, 5.41) is 11.6. The lowest BCUT2D eigenvalue weighted by molar-refractivity contribution is -0.274. The zero-order valence-electron chi connectivity index (χ0n) is 15.5. The van der Waals surface area contributed by atoms with E-state index in [1.807, 2.05) is 30.3 Å². The van der Waals surface area contributed by atoms with Gasteiger partial charge in [0.05, 0.1) is 11.4 Å². The third-order valence-electron chi connectivity index (χ3n) is 3.76. The summed E-state index contributed by atoms with van der Waals surface area (Å²) in [6, 6.07) is 14.2. The highest BCUT2D eigenvalue weighted by molar-refractivity contribution is 7.99. The van der Waals surface area contributed by atoms with Crippen molar-refractivity contribution in [2.24, 2.45) is 0 Å². The summed E-state index contributed by atoms with van der Waals surface area (Å²) < 4.78 is 42.1. The molecule has 0 spiro atoms. The normalized spacial score (nSPS) is 11.2. The molecule has 156 valence electrons. The summed E-state index contributed by atoms with van der Waals surface area (Å²) >= 11 is 1.11. The molecule has 0 bridgehead atoms. The maximum Gasteiger partial charge on any atom is 0.573 e. The Morgan fingerprint density at radius 2 is 1.87 bits per heavy atom. The maximum absolute atomic E-state index is 12.7. The van der Waals surface area contributed by atoms with Gasteiger partial charge in [0.2, 0.25) is 11.1 Å². The first kappa shape index (κ1) is 21.4. The molecule has 0 radical (unpaired) electrons. The van der Waals surface area contributed by atoms with Crippen LogP contribution in [0.2, 0.25) is 0 Å². The van der Waals surface area contributed by atoms with Crippen molar-refractivity contribution in [1.29, 1.82) is 0 Å². The number of hydrogen-bond acceptors (Lipinski definition) is 6. The molecule has 0 unspecified atom stereocenters. The molecule has 1 aromatic heterocycles. The largest absolute Gasteiger partial charge is 0.573 e. The average molecular weight is 435 g/mol. The quantitative estimate of drug-likeness (QED) is 0.395. The van der Waals surface area contributed by atoms with Crippen molar-refractivity contribution < 1.29 is 22.7 Å². The first-order chi connectivity index (χ1) is 14.4. The number of nitrogens with zero attached hydrogens (tertiary/aromatic N) is 5. The topological polar surface area (TPSA) is 73.1 Å². The lowest BCUT2D eigenvalue weighted by Gasteiger charge is -2.20. The number of amides is 1. The first-order valence-corrected chi connectivity index (χ1v) is 9.59. The van der Waals surface area contributed by atoms with Crippen LogP contribution in [0, 0.1) is 0 Å². The van der Waals surface area contributed by atoms with Gasteiger partial charge in [-0.05, 0) is 46.8 Å². The predicted molar refractivity (Wildman–Crippen MR) is 106 cm³/mol. The van der Waals surface area contributed by atoms with Gasteiger partial charge < -0.3 is 9.64 Å². The van der Waals surface area contributed by atoms with Crippen molar-refractivity contribution in [3.8, 4) is 11.4 Å². The molecular formula is C19H16F3N5O2S. The summed E-state index contributed by atoms with van der Waals surface area (Å²) in [4.78, 5) is 14.3. The van der Waals surface area contributed by atoms with Crippen molar-refractivity contribution in [2.45, 2.75) is 11.5 Å². The number of halogens is 3. The second-order valence-electron chi connectivity index (χ2n) is 5.83. The highest BCUT2D eigenvalue weighted by Gasteiger charge is 2.31. The summed E-state index contributed by atoms with van der Waals surface area (Å²) in [5.41, 5.74) is 1.17. The van der Waals surface area contributed by atoms with E-state index in [-0.39, 0.29) is 17.4 Å². The molecule has 11 heteroatoms. The van der Waals surface area contributed by atoms with Gasteiger partial charge in [-0.2, -0.15) is 4.68 Å². The van der Waals surface area contributed by atoms with Crippen LogP contribution < -0.4 is 9.64 Å². The molecule has 1 heterocycles. The molecular weight excluding hydrogens is 419 g/mol. The van der Waals surface area contributed by atoms with Gasteiger partial charge >= 0.3 is 6.36 Å². The Hall–Kier alpha value is -3.34. The minimum atomic E-state index is -4.77. The number of carbonyl (C=O) groups excluding carboxylic acids is 1. The third-order valence-corrected chi connectivity index (χ3v) is 4.67. The number of tetrazole rings is 1. The fraction of sp³-hybridized carbons (Fsp3) is 0.158. The molecule has 0 aliphatic rings. The Kier molecular flexibility index (Phi) is 6.72. The minimum Gasteiger partial charge on any atom is -0.406 e. The molecule has 0 aliphatic heterocycles. The van der Waals surface area contributed by atoms with E-state index in [9.17, 15) is 18.0 Å². The van der Waals surface area contributed by atoms with Crippen LogP contribution in [0.25, 0.3) is 5.69 Å². The summed E-state index contributed by atoms with van der Waals surface area (Å²) in [6.45, 7) is 4.03. The van der Waals surface area contributed by atoms with Crippen LogP contribution in [0.3, 0.4) is 0 Å². The lowest BCUT2D eigenvalue weighted by atomic mass is 10.3. The zero-order chi connectivity index (χ0) is 21.6. The second kappa shape index (κ2) is 9.44. The fourth-order valence-corrected chi connectivity index (χ4v) is 3.28. The Balaban J connectivity index is 1.70. The second-order valence-corrected chi connectivity index (χ2v) is 6.77. The molecule has 0 saturated carbocycles. The van der Waals surface area contributed by atoms with Crippen LogP contribution in [0.5, 0.6) is 5.75 Å². The number of anilines is 1. The van der Waals surface area contributed by atoms with Gasteiger partial charge in [0, 0.05) is 12.2 Å². The smallest absolute Gasteiger partial charge is 0.406 e. The monoisotopic (exact) mass is 435 g/mol. The van der Waals surface area contributed by atoms with Gasteiger partial charge in [0.1, 0.15) is 5.75 Å². The standard InChI is InChI=1S/C19H16F3N5O2S/c1-2-12-26(14-6-4-3-5-7-14)17(28)13-30-18-23-24-25-27(18)15-8-10-16(11-9-15)29-19(20,21)22/h2-11H,1,12-13H2. The van der Waals surface area contributed by atoms with Crippen LogP contribution >= 0.6 is 11.8 Å². The van der Waals surface area contributed by atoms with Crippen molar-refractivity contribution >= 4 is 23.4 Å². The summed E-state index contributed by atoms with van der Waals surface area (Å²) in [7, 11) is 0. The van der Waals surface area contributed by atoms with Gasteiger partial charge in [-0.3, -0.25) is 4.79 Å². The van der Waals surface area contributed by atoms with E-state index in [0.717, 1.165) is 29.6 Å². The van der Waals surface area contributed by atoms with Crippen molar-refractivity contribution in [1.82, 2.24) is 20.2 Å². The molecule has 2 aromatic carbocycles. The molecule has 30 heavy (non-hydrogen) atoms. The molecule has 3 aromatic rings. The number of thioether (sulfide) groups is 1. The number of hydrogen-bond donors (Lipinski definition) is 0. The zero-order valence-corrected chi connectivity index (χ0v) is 16.3. The summed E-state index contributed by atoms with van der Waals surface area (Å²) in [6.07, 6.45) is -3.14. The third kappa shape index (κ3) is 5.60. The molecule has 3 rings (SSSR count). The van der Waals surface area contributed by atoms with Gasteiger partial charge in [-0.15, -0.1) is 24.8 Å². The van der Waals surface area contributed by atoms with Crippen molar-refractivity contribution in [3.05, 3.63) is 67.3 Å². The fourth-order valence-electron chi connectivity index (χ4n) is 2.51. The van der Waals surface area contributed by atoms with Crippen molar-refractivity contribution in [3.63, 3.8) is 0 Å². The maximum atomic E-state index is 12.7. The highest BCUT2D eigenvalue weighted by atomic mass is 32.2. The molecule has 0 N–H and O–H groups in total. The number of rotatable bonds is 8. The number of benzene rings is 2. The van der Waals surface area contributed by atoms with Gasteiger partial charge in [-0.1, -0.05) is 36.0 Å².